The average molecular weight is 209 g/mol. The number of aliphatic hydroxyl groups excluding tert-OH is 2. The summed E-state index contributed by atoms with van der Waals surface area (Å²) >= 11 is 0. The Balaban J connectivity index is 2.49. The van der Waals surface area contributed by atoms with E-state index in [1.807, 2.05) is 24.3 Å². The third-order valence-electron chi connectivity index (χ3n) is 2.09. The molecule has 2 atom stereocenters. The molecule has 1 aromatic rings. The lowest BCUT2D eigenvalue weighted by Crippen LogP contribution is -2.15. The zero-order valence-electron chi connectivity index (χ0n) is 9.27. The summed E-state index contributed by atoms with van der Waals surface area (Å²) in [4.78, 5) is 0. The van der Waals surface area contributed by atoms with Crippen molar-refractivity contribution in [3.05, 3.63) is 29.8 Å². The van der Waals surface area contributed by atoms with E-state index in [4.69, 9.17) is 5.11 Å². The van der Waals surface area contributed by atoms with Gasteiger partial charge in [0.05, 0.1) is 12.2 Å². The highest BCUT2D eigenvalue weighted by Crippen LogP contribution is 2.11. The van der Waals surface area contributed by atoms with E-state index in [0.717, 1.165) is 11.3 Å². The van der Waals surface area contributed by atoms with Gasteiger partial charge in [-0.1, -0.05) is 12.1 Å². The molecule has 0 amide bonds. The molecule has 84 valence electrons. The van der Waals surface area contributed by atoms with Crippen LogP contribution in [0.1, 0.15) is 19.4 Å². The van der Waals surface area contributed by atoms with E-state index in [1.165, 1.54) is 0 Å². The lowest BCUT2D eigenvalue weighted by atomic mass is 10.1. The largest absolute Gasteiger partial charge is 0.393 e. The first kappa shape index (κ1) is 12.0. The maximum absolute atomic E-state index is 9.20. The predicted octanol–water partition coefficient (Wildman–Crippen LogP) is 1.40. The summed E-state index contributed by atoms with van der Waals surface area (Å²) in [6.07, 6.45) is 0.0276. The van der Waals surface area contributed by atoms with Gasteiger partial charge in [-0.25, -0.2) is 0 Å². The highest BCUT2D eigenvalue weighted by atomic mass is 16.3. The number of hydrogen-bond donors (Lipinski definition) is 3. The number of rotatable bonds is 5. The molecule has 0 aromatic heterocycles. The Morgan fingerprint density at radius 3 is 2.13 bits per heavy atom. The molecule has 0 bridgehead atoms. The van der Waals surface area contributed by atoms with Crippen LogP contribution in [0, 0.1) is 0 Å². The highest BCUT2D eigenvalue weighted by Gasteiger charge is 1.99. The van der Waals surface area contributed by atoms with E-state index in [0.29, 0.717) is 13.0 Å². The first-order chi connectivity index (χ1) is 7.08. The molecule has 0 fully saturated rings. The van der Waals surface area contributed by atoms with Gasteiger partial charge < -0.3 is 15.5 Å². The molecule has 3 heteroatoms. The standard InChI is InChI=1S/C12H19NO2/c1-9(14)7-11-3-5-12(6-4-11)13-8-10(2)15/h3-6,9-10,13-15H,7-8H2,1-2H3. The van der Waals surface area contributed by atoms with Crippen molar-refractivity contribution in [2.24, 2.45) is 0 Å². The number of hydrogen-bond acceptors (Lipinski definition) is 3. The summed E-state index contributed by atoms with van der Waals surface area (Å²) in [5.41, 5.74) is 2.11. The van der Waals surface area contributed by atoms with Crippen LogP contribution < -0.4 is 5.32 Å². The number of anilines is 1. The molecule has 0 heterocycles. The maximum Gasteiger partial charge on any atom is 0.0684 e. The summed E-state index contributed by atoms with van der Waals surface area (Å²) in [7, 11) is 0. The molecule has 0 spiro atoms. The Kier molecular flexibility index (Phi) is 4.59. The van der Waals surface area contributed by atoms with Gasteiger partial charge in [-0.2, -0.15) is 0 Å². The van der Waals surface area contributed by atoms with Gasteiger partial charge in [0.15, 0.2) is 0 Å². The number of nitrogens with one attached hydrogen (secondary N) is 1. The lowest BCUT2D eigenvalue weighted by molar-refractivity contribution is 0.195. The van der Waals surface area contributed by atoms with E-state index in [1.54, 1.807) is 13.8 Å². The first-order valence-corrected chi connectivity index (χ1v) is 5.27. The molecule has 0 aliphatic heterocycles. The minimum atomic E-state index is -0.345. The van der Waals surface area contributed by atoms with Crippen LogP contribution in [-0.2, 0) is 6.42 Å². The Morgan fingerprint density at radius 1 is 1.07 bits per heavy atom. The van der Waals surface area contributed by atoms with Crippen LogP contribution in [0.2, 0.25) is 0 Å². The van der Waals surface area contributed by atoms with Crippen LogP contribution in [-0.4, -0.2) is 29.0 Å². The number of aliphatic hydroxyl groups is 2. The van der Waals surface area contributed by atoms with Crippen molar-refractivity contribution in [1.29, 1.82) is 0 Å². The van der Waals surface area contributed by atoms with Gasteiger partial charge >= 0.3 is 0 Å². The van der Waals surface area contributed by atoms with E-state index >= 15 is 0 Å². The molecule has 1 aromatic carbocycles. The van der Waals surface area contributed by atoms with Crippen molar-refractivity contribution in [2.45, 2.75) is 32.5 Å². The SMILES string of the molecule is CC(O)CNc1ccc(CC(C)O)cc1. The van der Waals surface area contributed by atoms with Gasteiger partial charge in [0.25, 0.3) is 0 Å². The second-order valence-electron chi connectivity index (χ2n) is 3.98. The highest BCUT2D eigenvalue weighted by molar-refractivity contribution is 5.44. The van der Waals surface area contributed by atoms with E-state index in [-0.39, 0.29) is 12.2 Å². The summed E-state index contributed by atoms with van der Waals surface area (Å²) in [6, 6.07) is 7.88. The second-order valence-corrected chi connectivity index (χ2v) is 3.98. The monoisotopic (exact) mass is 209 g/mol. The molecule has 3 nitrogen and oxygen atoms in total. The lowest BCUT2D eigenvalue weighted by Gasteiger charge is -2.09. The Hall–Kier alpha value is -1.06. The van der Waals surface area contributed by atoms with Crippen LogP contribution in [0.25, 0.3) is 0 Å². The quantitative estimate of drug-likeness (QED) is 0.687. The van der Waals surface area contributed by atoms with Gasteiger partial charge in [0.2, 0.25) is 0 Å². The molecular formula is C12H19NO2. The topological polar surface area (TPSA) is 52.5 Å². The van der Waals surface area contributed by atoms with Crippen molar-refractivity contribution < 1.29 is 10.2 Å². The molecule has 2 unspecified atom stereocenters. The Morgan fingerprint density at radius 2 is 1.67 bits per heavy atom. The summed E-state index contributed by atoms with van der Waals surface area (Å²) in [5.74, 6) is 0. The molecule has 0 saturated heterocycles. The predicted molar refractivity (Wildman–Crippen MR) is 62.0 cm³/mol. The molecule has 1 rings (SSSR count). The first-order valence-electron chi connectivity index (χ1n) is 5.27. The van der Waals surface area contributed by atoms with Gasteiger partial charge in [0.1, 0.15) is 0 Å². The Bertz CT molecular complexity index is 280. The summed E-state index contributed by atoms with van der Waals surface area (Å²) in [5, 5.41) is 21.4. The van der Waals surface area contributed by atoms with E-state index < -0.39 is 0 Å². The fraction of sp³-hybridized carbons (Fsp3) is 0.500. The van der Waals surface area contributed by atoms with Crippen molar-refractivity contribution in [2.75, 3.05) is 11.9 Å². The number of benzene rings is 1. The van der Waals surface area contributed by atoms with Crippen molar-refractivity contribution in [3.8, 4) is 0 Å². The van der Waals surface area contributed by atoms with Crippen LogP contribution >= 0.6 is 0 Å². The smallest absolute Gasteiger partial charge is 0.0684 e. The minimum Gasteiger partial charge on any atom is -0.393 e. The molecule has 0 radical (unpaired) electrons. The maximum atomic E-state index is 9.20. The third kappa shape index (κ3) is 4.81. The van der Waals surface area contributed by atoms with Crippen LogP contribution in [0.5, 0.6) is 0 Å². The minimum absolute atomic E-state index is 0.304. The summed E-state index contributed by atoms with van der Waals surface area (Å²) in [6.45, 7) is 4.07. The fourth-order valence-corrected chi connectivity index (χ4v) is 1.37. The van der Waals surface area contributed by atoms with Crippen molar-refractivity contribution in [1.82, 2.24) is 0 Å². The third-order valence-corrected chi connectivity index (χ3v) is 2.09. The van der Waals surface area contributed by atoms with Crippen LogP contribution in [0.15, 0.2) is 24.3 Å². The van der Waals surface area contributed by atoms with Gasteiger partial charge in [-0.05, 0) is 38.0 Å². The van der Waals surface area contributed by atoms with Crippen molar-refractivity contribution >= 4 is 5.69 Å². The van der Waals surface area contributed by atoms with Crippen molar-refractivity contribution in [3.63, 3.8) is 0 Å². The summed E-state index contributed by atoms with van der Waals surface area (Å²) < 4.78 is 0. The Labute approximate surface area is 90.8 Å². The average Bonchev–Trinajstić information content (AvgIpc) is 2.16. The molecule has 15 heavy (non-hydrogen) atoms. The molecule has 0 aliphatic carbocycles. The normalized spacial score (nSPS) is 14.7. The molecular weight excluding hydrogens is 190 g/mol. The van der Waals surface area contributed by atoms with E-state index in [9.17, 15) is 5.11 Å². The van der Waals surface area contributed by atoms with Crippen LogP contribution in [0.3, 0.4) is 0 Å². The van der Waals surface area contributed by atoms with E-state index in [2.05, 4.69) is 5.32 Å². The van der Waals surface area contributed by atoms with Gasteiger partial charge in [0, 0.05) is 12.2 Å². The zero-order valence-corrected chi connectivity index (χ0v) is 9.27. The zero-order chi connectivity index (χ0) is 11.3. The van der Waals surface area contributed by atoms with Gasteiger partial charge in [-0.3, -0.25) is 0 Å². The second kappa shape index (κ2) is 5.73. The van der Waals surface area contributed by atoms with Crippen LogP contribution in [0.4, 0.5) is 5.69 Å². The molecule has 0 saturated carbocycles. The van der Waals surface area contributed by atoms with Gasteiger partial charge in [-0.15, -0.1) is 0 Å². The molecule has 0 aliphatic rings. The molecule has 3 N–H and O–H groups in total. The fourth-order valence-electron chi connectivity index (χ4n) is 1.37.